The fourth-order valence-electron chi connectivity index (χ4n) is 1.48. The van der Waals surface area contributed by atoms with Crippen LogP contribution in [0.4, 0.5) is 5.69 Å². The predicted octanol–water partition coefficient (Wildman–Crippen LogP) is 5.37. The number of pyridine rings is 1. The first-order valence-corrected chi connectivity index (χ1v) is 7.39. The van der Waals surface area contributed by atoms with Crippen molar-refractivity contribution in [2.24, 2.45) is 0 Å². The van der Waals surface area contributed by atoms with Gasteiger partial charge in [-0.15, -0.1) is 0 Å². The topological polar surface area (TPSA) is 42.0 Å². The van der Waals surface area contributed by atoms with Crippen molar-refractivity contribution in [3.8, 4) is 0 Å². The van der Waals surface area contributed by atoms with Crippen LogP contribution in [-0.4, -0.2) is 10.9 Å². The molecular weight excluding hydrogens is 386 g/mol. The van der Waals surface area contributed by atoms with Gasteiger partial charge in [-0.3, -0.25) is 4.79 Å². The van der Waals surface area contributed by atoms with Crippen molar-refractivity contribution in [1.82, 2.24) is 4.98 Å². The fourth-order valence-corrected chi connectivity index (χ4v) is 2.47. The number of aromatic nitrogens is 1. The summed E-state index contributed by atoms with van der Waals surface area (Å²) in [5.74, 6) is -0.350. The highest BCUT2D eigenvalue weighted by atomic mass is 79.9. The molecule has 0 aliphatic rings. The molecule has 1 aromatic carbocycles. The Morgan fingerprint density at radius 2 is 1.90 bits per heavy atom. The Morgan fingerprint density at radius 3 is 2.55 bits per heavy atom. The molecule has 1 heterocycles. The van der Waals surface area contributed by atoms with Gasteiger partial charge in [0.05, 0.1) is 16.3 Å². The molecule has 3 nitrogen and oxygen atoms in total. The zero-order chi connectivity index (χ0) is 14.9. The number of benzene rings is 1. The lowest BCUT2D eigenvalue weighted by Crippen LogP contribution is -2.12. The second kappa shape index (κ2) is 6.31. The third-order valence-electron chi connectivity index (χ3n) is 2.55. The molecule has 1 aromatic heterocycles. The van der Waals surface area contributed by atoms with E-state index in [0.29, 0.717) is 16.3 Å². The van der Waals surface area contributed by atoms with Gasteiger partial charge in [-0.25, -0.2) is 4.98 Å². The molecular formula is C13H8BrCl3N2O. The Bertz CT molecular complexity index is 692. The highest BCUT2D eigenvalue weighted by molar-refractivity contribution is 9.10. The van der Waals surface area contributed by atoms with Gasteiger partial charge < -0.3 is 5.32 Å². The van der Waals surface area contributed by atoms with E-state index in [2.05, 4.69) is 26.2 Å². The lowest BCUT2D eigenvalue weighted by Gasteiger charge is -2.09. The summed E-state index contributed by atoms with van der Waals surface area (Å²) in [6, 6.07) is 4.95. The lowest BCUT2D eigenvalue weighted by molar-refractivity contribution is 0.102. The summed E-state index contributed by atoms with van der Waals surface area (Å²) in [7, 11) is 0. The molecule has 1 N–H and O–H groups in total. The number of amides is 1. The monoisotopic (exact) mass is 392 g/mol. The third-order valence-corrected chi connectivity index (χ3v) is 4.30. The van der Waals surface area contributed by atoms with Crippen molar-refractivity contribution in [3.63, 3.8) is 0 Å². The number of hydrogen-bond donors (Lipinski definition) is 1. The lowest BCUT2D eigenvalue weighted by atomic mass is 10.2. The molecule has 0 bridgehead atoms. The quantitative estimate of drug-likeness (QED) is 0.696. The molecule has 2 rings (SSSR count). The zero-order valence-electron chi connectivity index (χ0n) is 10.2. The first-order chi connectivity index (χ1) is 9.38. The van der Waals surface area contributed by atoms with Crippen molar-refractivity contribution in [1.29, 1.82) is 0 Å². The first-order valence-electron chi connectivity index (χ1n) is 5.46. The number of nitrogens with zero attached hydrogens (tertiary/aromatic N) is 1. The summed E-state index contributed by atoms with van der Waals surface area (Å²) in [6.07, 6.45) is 1.35. The molecule has 0 unspecified atom stereocenters. The van der Waals surface area contributed by atoms with Crippen molar-refractivity contribution in [3.05, 3.63) is 55.2 Å². The molecule has 0 aliphatic heterocycles. The number of carbonyl (C=O) groups excluding carboxylic acids is 1. The Hall–Kier alpha value is -0.810. The van der Waals surface area contributed by atoms with E-state index in [-0.39, 0.29) is 16.1 Å². The second-order valence-corrected chi connectivity index (χ2v) is 6.06. The summed E-state index contributed by atoms with van der Waals surface area (Å²) in [5.41, 5.74) is 1.78. The van der Waals surface area contributed by atoms with Gasteiger partial charge in [0, 0.05) is 15.7 Å². The molecule has 1 amide bonds. The van der Waals surface area contributed by atoms with Crippen LogP contribution in [0.3, 0.4) is 0 Å². The minimum Gasteiger partial charge on any atom is -0.321 e. The van der Waals surface area contributed by atoms with Crippen LogP contribution in [0.15, 0.2) is 28.9 Å². The maximum absolute atomic E-state index is 12.1. The van der Waals surface area contributed by atoms with Gasteiger partial charge in [0.1, 0.15) is 5.15 Å². The molecule has 20 heavy (non-hydrogen) atoms. The molecule has 0 spiro atoms. The van der Waals surface area contributed by atoms with Gasteiger partial charge in [0.15, 0.2) is 0 Å². The number of nitrogens with one attached hydrogen (secondary N) is 1. The van der Waals surface area contributed by atoms with Gasteiger partial charge >= 0.3 is 0 Å². The number of aryl methyl sites for hydroxylation is 1. The second-order valence-electron chi connectivity index (χ2n) is 4.03. The van der Waals surface area contributed by atoms with E-state index in [1.54, 1.807) is 6.07 Å². The van der Waals surface area contributed by atoms with Crippen LogP contribution in [0, 0.1) is 6.92 Å². The number of hydrogen-bond acceptors (Lipinski definition) is 2. The zero-order valence-corrected chi connectivity index (χ0v) is 14.0. The smallest absolute Gasteiger partial charge is 0.257 e. The van der Waals surface area contributed by atoms with E-state index in [4.69, 9.17) is 34.8 Å². The van der Waals surface area contributed by atoms with E-state index in [1.807, 2.05) is 13.0 Å². The molecule has 0 atom stereocenters. The van der Waals surface area contributed by atoms with Crippen LogP contribution in [0.25, 0.3) is 0 Å². The minimum atomic E-state index is -0.350. The summed E-state index contributed by atoms with van der Waals surface area (Å²) in [5, 5.41) is 3.67. The largest absolute Gasteiger partial charge is 0.321 e. The van der Waals surface area contributed by atoms with Gasteiger partial charge in [0.25, 0.3) is 5.91 Å². The molecule has 0 saturated carbocycles. The van der Waals surface area contributed by atoms with Gasteiger partial charge in [-0.05, 0) is 46.6 Å². The number of halogens is 4. The van der Waals surface area contributed by atoms with Crippen LogP contribution in [0.5, 0.6) is 0 Å². The Morgan fingerprint density at radius 1 is 1.20 bits per heavy atom. The highest BCUT2D eigenvalue weighted by Gasteiger charge is 2.12. The average Bonchev–Trinajstić information content (AvgIpc) is 2.39. The van der Waals surface area contributed by atoms with Crippen molar-refractivity contribution >= 4 is 62.3 Å². The molecule has 2 aromatic rings. The van der Waals surface area contributed by atoms with Crippen molar-refractivity contribution in [2.75, 3.05) is 5.32 Å². The molecule has 7 heteroatoms. The molecule has 0 aliphatic carbocycles. The van der Waals surface area contributed by atoms with Gasteiger partial charge in [-0.1, -0.05) is 34.8 Å². The normalized spacial score (nSPS) is 10.4. The number of carbonyl (C=O) groups is 1. The fraction of sp³-hybridized carbons (Fsp3) is 0.0769. The maximum atomic E-state index is 12.1. The van der Waals surface area contributed by atoms with E-state index >= 15 is 0 Å². The van der Waals surface area contributed by atoms with E-state index in [1.165, 1.54) is 12.3 Å². The SMILES string of the molecule is Cc1cc(Br)c(NC(=O)c2cnc(Cl)c(Cl)c2)cc1Cl. The van der Waals surface area contributed by atoms with E-state index < -0.39 is 0 Å². The first kappa shape index (κ1) is 15.6. The Labute approximate surface area is 139 Å². The van der Waals surface area contributed by atoms with Crippen molar-refractivity contribution in [2.45, 2.75) is 6.92 Å². The number of anilines is 1. The summed E-state index contributed by atoms with van der Waals surface area (Å²) in [4.78, 5) is 15.9. The molecule has 0 fully saturated rings. The molecule has 0 saturated heterocycles. The Kier molecular flexibility index (Phi) is 4.91. The highest BCUT2D eigenvalue weighted by Crippen LogP contribution is 2.29. The van der Waals surface area contributed by atoms with Crippen LogP contribution in [0.1, 0.15) is 15.9 Å². The van der Waals surface area contributed by atoms with E-state index in [0.717, 1.165) is 10.0 Å². The molecule has 0 radical (unpaired) electrons. The van der Waals surface area contributed by atoms with Gasteiger partial charge in [0.2, 0.25) is 0 Å². The summed E-state index contributed by atoms with van der Waals surface area (Å²) < 4.78 is 0.737. The molecule has 104 valence electrons. The van der Waals surface area contributed by atoms with Crippen LogP contribution < -0.4 is 5.32 Å². The van der Waals surface area contributed by atoms with E-state index in [9.17, 15) is 4.79 Å². The van der Waals surface area contributed by atoms with Crippen LogP contribution in [0.2, 0.25) is 15.2 Å². The number of rotatable bonds is 2. The third kappa shape index (κ3) is 3.44. The van der Waals surface area contributed by atoms with Crippen molar-refractivity contribution < 1.29 is 4.79 Å². The van der Waals surface area contributed by atoms with Gasteiger partial charge in [-0.2, -0.15) is 0 Å². The minimum absolute atomic E-state index is 0.155. The predicted molar refractivity (Wildman–Crippen MR) is 86.1 cm³/mol. The summed E-state index contributed by atoms with van der Waals surface area (Å²) >= 11 is 21.0. The summed E-state index contributed by atoms with van der Waals surface area (Å²) in [6.45, 7) is 1.88. The van der Waals surface area contributed by atoms with Crippen LogP contribution >= 0.6 is 50.7 Å². The standard InChI is InChI=1S/C13H8BrCl3N2O/c1-6-2-8(14)11(4-9(6)15)19-13(20)7-3-10(16)12(17)18-5-7/h2-5H,1H3,(H,19,20). The average molecular weight is 394 g/mol. The Balaban J connectivity index is 2.27. The van der Waals surface area contributed by atoms with Crippen LogP contribution in [-0.2, 0) is 0 Å². The maximum Gasteiger partial charge on any atom is 0.257 e.